The summed E-state index contributed by atoms with van der Waals surface area (Å²) in [7, 11) is 1.92. The highest BCUT2D eigenvalue weighted by Gasteiger charge is 2.22. The standard InChI is InChI=1S/C14H19IN2O.ClH/c1-10-3-4-11(9-13(10)15)14(18)17(2)12-5-7-16-8-6-12;/h3-4,9,12,16H,5-8H2,1-2H3;1H. The van der Waals surface area contributed by atoms with Crippen LogP contribution in [0.1, 0.15) is 28.8 Å². The summed E-state index contributed by atoms with van der Waals surface area (Å²) < 4.78 is 1.15. The summed E-state index contributed by atoms with van der Waals surface area (Å²) in [5.74, 6) is 0.139. The van der Waals surface area contributed by atoms with Gasteiger partial charge in [-0.05, 0) is 73.1 Å². The molecular weight excluding hydrogens is 375 g/mol. The number of carbonyl (C=O) groups excluding carboxylic acids is 1. The molecule has 1 heterocycles. The van der Waals surface area contributed by atoms with E-state index in [1.54, 1.807) is 0 Å². The molecule has 1 amide bonds. The summed E-state index contributed by atoms with van der Waals surface area (Å²) >= 11 is 2.28. The van der Waals surface area contributed by atoms with E-state index in [1.165, 1.54) is 5.56 Å². The molecule has 1 aliphatic heterocycles. The number of aryl methyl sites for hydroxylation is 1. The van der Waals surface area contributed by atoms with Crippen molar-refractivity contribution in [2.24, 2.45) is 0 Å². The van der Waals surface area contributed by atoms with E-state index >= 15 is 0 Å². The first-order valence-corrected chi connectivity index (χ1v) is 7.41. The molecular formula is C14H20ClIN2O. The molecule has 1 saturated heterocycles. The van der Waals surface area contributed by atoms with Gasteiger partial charge in [0.25, 0.3) is 5.91 Å². The first kappa shape index (κ1) is 16.7. The third kappa shape index (κ3) is 4.07. The van der Waals surface area contributed by atoms with E-state index in [2.05, 4.69) is 34.8 Å². The van der Waals surface area contributed by atoms with Crippen LogP contribution in [0.25, 0.3) is 0 Å². The molecule has 0 radical (unpaired) electrons. The molecule has 0 saturated carbocycles. The fraction of sp³-hybridized carbons (Fsp3) is 0.500. The zero-order valence-corrected chi connectivity index (χ0v) is 14.3. The second kappa shape index (κ2) is 7.45. The molecule has 1 aliphatic rings. The van der Waals surface area contributed by atoms with Crippen molar-refractivity contribution in [2.45, 2.75) is 25.8 Å². The van der Waals surface area contributed by atoms with Crippen LogP contribution in [0.4, 0.5) is 0 Å². The molecule has 106 valence electrons. The van der Waals surface area contributed by atoms with Crippen molar-refractivity contribution in [1.29, 1.82) is 0 Å². The smallest absolute Gasteiger partial charge is 0.253 e. The minimum atomic E-state index is 0. The summed E-state index contributed by atoms with van der Waals surface area (Å²) in [4.78, 5) is 14.3. The number of benzene rings is 1. The second-order valence-electron chi connectivity index (χ2n) is 4.86. The minimum absolute atomic E-state index is 0. The van der Waals surface area contributed by atoms with Crippen molar-refractivity contribution in [1.82, 2.24) is 10.2 Å². The number of nitrogens with zero attached hydrogens (tertiary/aromatic N) is 1. The van der Waals surface area contributed by atoms with Crippen LogP contribution in [0.15, 0.2) is 18.2 Å². The van der Waals surface area contributed by atoms with Gasteiger partial charge in [-0.2, -0.15) is 0 Å². The first-order valence-electron chi connectivity index (χ1n) is 6.33. The lowest BCUT2D eigenvalue weighted by molar-refractivity contribution is 0.0703. The van der Waals surface area contributed by atoms with Gasteiger partial charge in [-0.1, -0.05) is 6.07 Å². The molecule has 3 nitrogen and oxygen atoms in total. The van der Waals surface area contributed by atoms with Gasteiger partial charge in [0.2, 0.25) is 0 Å². The molecule has 0 atom stereocenters. The van der Waals surface area contributed by atoms with E-state index < -0.39 is 0 Å². The molecule has 0 unspecified atom stereocenters. The van der Waals surface area contributed by atoms with Gasteiger partial charge in [-0.3, -0.25) is 4.79 Å². The van der Waals surface area contributed by atoms with Gasteiger partial charge in [0.05, 0.1) is 0 Å². The number of amides is 1. The Kier molecular flexibility index (Phi) is 6.56. The minimum Gasteiger partial charge on any atom is -0.339 e. The highest BCUT2D eigenvalue weighted by molar-refractivity contribution is 14.1. The van der Waals surface area contributed by atoms with Gasteiger partial charge >= 0.3 is 0 Å². The molecule has 2 rings (SSSR count). The van der Waals surface area contributed by atoms with Crippen LogP contribution in [0, 0.1) is 10.5 Å². The molecule has 19 heavy (non-hydrogen) atoms. The molecule has 1 fully saturated rings. The van der Waals surface area contributed by atoms with Crippen molar-refractivity contribution in [2.75, 3.05) is 20.1 Å². The van der Waals surface area contributed by atoms with E-state index in [0.29, 0.717) is 6.04 Å². The topological polar surface area (TPSA) is 32.3 Å². The van der Waals surface area contributed by atoms with Crippen LogP contribution in [0.2, 0.25) is 0 Å². The Morgan fingerprint density at radius 3 is 2.58 bits per heavy atom. The van der Waals surface area contributed by atoms with Crippen LogP contribution in [0.3, 0.4) is 0 Å². The van der Waals surface area contributed by atoms with E-state index in [9.17, 15) is 4.79 Å². The summed E-state index contributed by atoms with van der Waals surface area (Å²) in [5, 5.41) is 3.33. The summed E-state index contributed by atoms with van der Waals surface area (Å²) in [6, 6.07) is 6.30. The highest BCUT2D eigenvalue weighted by Crippen LogP contribution is 2.17. The van der Waals surface area contributed by atoms with Gasteiger partial charge < -0.3 is 10.2 Å². The first-order chi connectivity index (χ1) is 8.59. The summed E-state index contributed by atoms with van der Waals surface area (Å²) in [5.41, 5.74) is 2.02. The van der Waals surface area contributed by atoms with Gasteiger partial charge in [0, 0.05) is 22.2 Å². The molecule has 1 aromatic rings. The normalized spacial score (nSPS) is 15.7. The van der Waals surface area contributed by atoms with Crippen molar-refractivity contribution < 1.29 is 4.79 Å². The highest BCUT2D eigenvalue weighted by atomic mass is 127. The quantitative estimate of drug-likeness (QED) is 0.782. The van der Waals surface area contributed by atoms with Gasteiger partial charge in [0.1, 0.15) is 0 Å². The summed E-state index contributed by atoms with van der Waals surface area (Å²) in [6.07, 6.45) is 2.09. The molecule has 0 bridgehead atoms. The number of nitrogens with one attached hydrogen (secondary N) is 1. The predicted octanol–water partition coefficient (Wildman–Crippen LogP) is 2.85. The molecule has 0 aromatic heterocycles. The Morgan fingerprint density at radius 2 is 2.00 bits per heavy atom. The Labute approximate surface area is 134 Å². The lowest BCUT2D eigenvalue weighted by atomic mass is 10.0. The Hall–Kier alpha value is -0.330. The Balaban J connectivity index is 0.00000180. The van der Waals surface area contributed by atoms with E-state index in [1.807, 2.05) is 30.1 Å². The van der Waals surface area contributed by atoms with Gasteiger partial charge in [-0.25, -0.2) is 0 Å². The molecule has 0 spiro atoms. The monoisotopic (exact) mass is 394 g/mol. The average molecular weight is 395 g/mol. The lowest BCUT2D eigenvalue weighted by Crippen LogP contribution is -2.43. The number of hydrogen-bond donors (Lipinski definition) is 1. The Bertz CT molecular complexity index is 447. The maximum Gasteiger partial charge on any atom is 0.253 e. The van der Waals surface area contributed by atoms with Crippen LogP contribution in [-0.4, -0.2) is 37.0 Å². The SMILES string of the molecule is Cc1ccc(C(=O)N(C)C2CCNCC2)cc1I.Cl. The maximum absolute atomic E-state index is 12.4. The third-order valence-electron chi connectivity index (χ3n) is 3.60. The largest absolute Gasteiger partial charge is 0.339 e. The number of hydrogen-bond acceptors (Lipinski definition) is 2. The fourth-order valence-corrected chi connectivity index (χ4v) is 2.80. The van der Waals surface area contributed by atoms with Crippen molar-refractivity contribution >= 4 is 40.9 Å². The van der Waals surface area contributed by atoms with Crippen LogP contribution < -0.4 is 5.32 Å². The number of halogens is 2. The average Bonchev–Trinajstić information content (AvgIpc) is 2.41. The van der Waals surface area contributed by atoms with Gasteiger partial charge in [-0.15, -0.1) is 12.4 Å². The third-order valence-corrected chi connectivity index (χ3v) is 4.76. The van der Waals surface area contributed by atoms with E-state index in [4.69, 9.17) is 0 Å². The number of carbonyl (C=O) groups is 1. The molecule has 1 aromatic carbocycles. The number of piperidine rings is 1. The second-order valence-corrected chi connectivity index (χ2v) is 6.02. The Morgan fingerprint density at radius 1 is 1.37 bits per heavy atom. The maximum atomic E-state index is 12.4. The fourth-order valence-electron chi connectivity index (χ4n) is 2.29. The zero-order valence-electron chi connectivity index (χ0n) is 11.3. The van der Waals surface area contributed by atoms with Crippen molar-refractivity contribution in [3.05, 3.63) is 32.9 Å². The number of rotatable bonds is 2. The predicted molar refractivity (Wildman–Crippen MR) is 89.1 cm³/mol. The molecule has 5 heteroatoms. The summed E-state index contributed by atoms with van der Waals surface area (Å²) in [6.45, 7) is 4.08. The molecule has 1 N–H and O–H groups in total. The van der Waals surface area contributed by atoms with E-state index in [0.717, 1.165) is 35.1 Å². The van der Waals surface area contributed by atoms with Crippen molar-refractivity contribution in [3.63, 3.8) is 0 Å². The van der Waals surface area contributed by atoms with Crippen LogP contribution >= 0.6 is 35.0 Å². The molecule has 0 aliphatic carbocycles. The van der Waals surface area contributed by atoms with Crippen molar-refractivity contribution in [3.8, 4) is 0 Å². The lowest BCUT2D eigenvalue weighted by Gasteiger charge is -2.31. The van der Waals surface area contributed by atoms with E-state index in [-0.39, 0.29) is 18.3 Å². The van der Waals surface area contributed by atoms with Crippen LogP contribution in [-0.2, 0) is 0 Å². The van der Waals surface area contributed by atoms with Gasteiger partial charge in [0.15, 0.2) is 0 Å². The van der Waals surface area contributed by atoms with Crippen LogP contribution in [0.5, 0.6) is 0 Å². The zero-order chi connectivity index (χ0) is 13.1.